The predicted molar refractivity (Wildman–Crippen MR) is 82.5 cm³/mol. The first kappa shape index (κ1) is 14.3. The number of aromatic nitrogens is 2. The van der Waals surface area contributed by atoms with Crippen LogP contribution in [-0.4, -0.2) is 41.8 Å². The van der Waals surface area contributed by atoms with Crippen LogP contribution in [0.1, 0.15) is 11.3 Å². The molecule has 1 aliphatic rings. The fourth-order valence-electron chi connectivity index (χ4n) is 2.92. The van der Waals surface area contributed by atoms with Gasteiger partial charge in [0, 0.05) is 43.4 Å². The van der Waals surface area contributed by atoms with Crippen molar-refractivity contribution in [2.75, 3.05) is 19.3 Å². The Morgan fingerprint density at radius 1 is 1.10 bits per heavy atom. The van der Waals surface area contributed by atoms with Crippen LogP contribution in [0, 0.1) is 0 Å². The van der Waals surface area contributed by atoms with Gasteiger partial charge in [-0.15, -0.1) is 0 Å². The highest BCUT2D eigenvalue weighted by Gasteiger charge is 2.25. The maximum Gasteiger partial charge on any atom is 0.211 e. The minimum atomic E-state index is -3.13. The summed E-state index contributed by atoms with van der Waals surface area (Å²) in [7, 11) is -1.20. The zero-order chi connectivity index (χ0) is 15.0. The summed E-state index contributed by atoms with van der Waals surface area (Å²) >= 11 is 0. The van der Waals surface area contributed by atoms with Gasteiger partial charge in [-0.1, -0.05) is 30.3 Å². The van der Waals surface area contributed by atoms with Crippen LogP contribution in [0.4, 0.5) is 0 Å². The maximum absolute atomic E-state index is 11.8. The van der Waals surface area contributed by atoms with Crippen molar-refractivity contribution >= 4 is 10.0 Å². The Labute approximate surface area is 125 Å². The molecule has 0 saturated carbocycles. The molecule has 1 aromatic heterocycles. The minimum absolute atomic E-state index is 0.525. The normalized spacial score (nSPS) is 16.5. The van der Waals surface area contributed by atoms with Crippen molar-refractivity contribution in [1.29, 1.82) is 0 Å². The highest BCUT2D eigenvalue weighted by Crippen LogP contribution is 2.28. The lowest BCUT2D eigenvalue weighted by atomic mass is 10.0. The summed E-state index contributed by atoms with van der Waals surface area (Å²) in [5.74, 6) is 0. The van der Waals surface area contributed by atoms with E-state index in [4.69, 9.17) is 0 Å². The number of hydrogen-bond donors (Lipinski definition) is 0. The Bertz CT molecular complexity index is 751. The molecule has 0 atom stereocenters. The summed E-state index contributed by atoms with van der Waals surface area (Å²) in [6.45, 7) is 1.05. The quantitative estimate of drug-likeness (QED) is 0.844. The van der Waals surface area contributed by atoms with Crippen molar-refractivity contribution in [3.63, 3.8) is 0 Å². The Balaban J connectivity index is 2.00. The first-order chi connectivity index (χ1) is 9.97. The smallest absolute Gasteiger partial charge is 0.211 e. The van der Waals surface area contributed by atoms with Crippen LogP contribution in [-0.2, 0) is 29.9 Å². The Morgan fingerprint density at radius 2 is 1.76 bits per heavy atom. The number of sulfonamides is 1. The summed E-state index contributed by atoms with van der Waals surface area (Å²) in [6.07, 6.45) is 2.69. The van der Waals surface area contributed by atoms with Crippen LogP contribution < -0.4 is 0 Å². The molecule has 112 valence electrons. The van der Waals surface area contributed by atoms with Gasteiger partial charge in [-0.3, -0.25) is 4.68 Å². The fraction of sp³-hybridized carbons (Fsp3) is 0.400. The molecular weight excluding hydrogens is 286 g/mol. The lowest BCUT2D eigenvalue weighted by Crippen LogP contribution is -2.32. The summed E-state index contributed by atoms with van der Waals surface area (Å²) in [5, 5.41) is 4.64. The molecule has 0 unspecified atom stereocenters. The lowest BCUT2D eigenvalue weighted by Gasteiger charge is -2.16. The summed E-state index contributed by atoms with van der Waals surface area (Å²) < 4.78 is 27.0. The van der Waals surface area contributed by atoms with Gasteiger partial charge in [-0.05, 0) is 6.42 Å². The zero-order valence-corrected chi connectivity index (χ0v) is 13.1. The molecule has 5 nitrogen and oxygen atoms in total. The monoisotopic (exact) mass is 305 g/mol. The largest absolute Gasteiger partial charge is 0.272 e. The molecular formula is C15H19N3O2S. The zero-order valence-electron chi connectivity index (χ0n) is 12.3. The first-order valence-electron chi connectivity index (χ1n) is 7.02. The van der Waals surface area contributed by atoms with Gasteiger partial charge < -0.3 is 0 Å². The summed E-state index contributed by atoms with van der Waals surface area (Å²) in [4.78, 5) is 0. The maximum atomic E-state index is 11.8. The Hall–Kier alpha value is -1.66. The second-order valence-corrected chi connectivity index (χ2v) is 7.41. The molecule has 0 radical (unpaired) electrons. The third kappa shape index (κ3) is 2.73. The van der Waals surface area contributed by atoms with Crippen molar-refractivity contribution in [3.05, 3.63) is 41.6 Å². The molecule has 0 spiro atoms. The van der Waals surface area contributed by atoms with Gasteiger partial charge in [-0.25, -0.2) is 12.7 Å². The van der Waals surface area contributed by atoms with Crippen molar-refractivity contribution < 1.29 is 8.42 Å². The van der Waals surface area contributed by atoms with Crippen LogP contribution >= 0.6 is 0 Å². The molecule has 0 saturated heterocycles. The van der Waals surface area contributed by atoms with E-state index in [9.17, 15) is 8.42 Å². The predicted octanol–water partition coefficient (Wildman–Crippen LogP) is 1.45. The molecule has 0 aliphatic carbocycles. The fourth-order valence-corrected chi connectivity index (χ4v) is 3.76. The van der Waals surface area contributed by atoms with E-state index in [2.05, 4.69) is 5.10 Å². The second kappa shape index (κ2) is 5.27. The molecule has 6 heteroatoms. The van der Waals surface area contributed by atoms with Crippen molar-refractivity contribution in [2.24, 2.45) is 7.05 Å². The van der Waals surface area contributed by atoms with E-state index in [0.29, 0.717) is 25.9 Å². The Kier molecular flexibility index (Phi) is 3.59. The highest BCUT2D eigenvalue weighted by molar-refractivity contribution is 7.88. The first-order valence-corrected chi connectivity index (χ1v) is 8.87. The molecule has 1 aromatic carbocycles. The molecule has 0 fully saturated rings. The number of aryl methyl sites for hydroxylation is 1. The summed E-state index contributed by atoms with van der Waals surface area (Å²) in [5.41, 5.74) is 4.38. The molecule has 2 aromatic rings. The highest BCUT2D eigenvalue weighted by atomic mass is 32.2. The van der Waals surface area contributed by atoms with Gasteiger partial charge in [0.25, 0.3) is 0 Å². The SMILES string of the molecule is Cn1nc(-c2ccccc2)c2c1CCN(S(C)(=O)=O)CC2. The number of fused-ring (bicyclic) bond motifs is 1. The van der Waals surface area contributed by atoms with Crippen LogP contribution in [0.15, 0.2) is 30.3 Å². The van der Waals surface area contributed by atoms with Gasteiger partial charge in [0.1, 0.15) is 0 Å². The van der Waals surface area contributed by atoms with Gasteiger partial charge in [0.15, 0.2) is 0 Å². The van der Waals surface area contributed by atoms with Crippen LogP contribution in [0.25, 0.3) is 11.3 Å². The summed E-state index contributed by atoms with van der Waals surface area (Å²) in [6, 6.07) is 10.1. The second-order valence-electron chi connectivity index (χ2n) is 5.43. The molecule has 0 amide bonds. The van der Waals surface area contributed by atoms with E-state index in [1.54, 1.807) is 4.31 Å². The topological polar surface area (TPSA) is 55.2 Å². The molecule has 2 heterocycles. The molecule has 0 bridgehead atoms. The van der Waals surface area contributed by atoms with Crippen LogP contribution in [0.5, 0.6) is 0 Å². The van der Waals surface area contributed by atoms with Crippen molar-refractivity contribution in [3.8, 4) is 11.3 Å². The lowest BCUT2D eigenvalue weighted by molar-refractivity contribution is 0.428. The molecule has 21 heavy (non-hydrogen) atoms. The third-order valence-electron chi connectivity index (χ3n) is 4.00. The average Bonchev–Trinajstić information content (AvgIpc) is 2.63. The molecule has 3 rings (SSSR count). The standard InChI is InChI=1S/C15H19N3O2S/c1-17-14-9-11-18(21(2,19)20)10-8-13(14)15(16-17)12-6-4-3-5-7-12/h3-7H,8-11H2,1-2H3. The van der Waals surface area contributed by atoms with Crippen LogP contribution in [0.2, 0.25) is 0 Å². The number of benzene rings is 1. The van der Waals surface area contributed by atoms with E-state index in [1.807, 2.05) is 42.1 Å². The molecule has 1 aliphatic heterocycles. The van der Waals surface area contributed by atoms with E-state index >= 15 is 0 Å². The van der Waals surface area contributed by atoms with Crippen LogP contribution in [0.3, 0.4) is 0 Å². The van der Waals surface area contributed by atoms with E-state index < -0.39 is 10.0 Å². The minimum Gasteiger partial charge on any atom is -0.272 e. The van der Waals surface area contributed by atoms with E-state index in [0.717, 1.165) is 17.0 Å². The van der Waals surface area contributed by atoms with Gasteiger partial charge in [-0.2, -0.15) is 5.10 Å². The van der Waals surface area contributed by atoms with Crippen molar-refractivity contribution in [1.82, 2.24) is 14.1 Å². The van der Waals surface area contributed by atoms with Gasteiger partial charge in [0.2, 0.25) is 10.0 Å². The average molecular weight is 305 g/mol. The number of nitrogens with zero attached hydrogens (tertiary/aromatic N) is 3. The number of rotatable bonds is 2. The van der Waals surface area contributed by atoms with E-state index in [-0.39, 0.29) is 0 Å². The van der Waals surface area contributed by atoms with Crippen molar-refractivity contribution in [2.45, 2.75) is 12.8 Å². The number of hydrogen-bond acceptors (Lipinski definition) is 3. The van der Waals surface area contributed by atoms with Gasteiger partial charge >= 0.3 is 0 Å². The third-order valence-corrected chi connectivity index (χ3v) is 5.30. The van der Waals surface area contributed by atoms with Gasteiger partial charge in [0.05, 0.1) is 11.9 Å². The van der Waals surface area contributed by atoms with E-state index in [1.165, 1.54) is 11.8 Å². The molecule has 0 N–H and O–H groups in total. The Morgan fingerprint density at radius 3 is 2.43 bits per heavy atom.